The van der Waals surface area contributed by atoms with Crippen LogP contribution in [-0.2, 0) is 9.47 Å². The molecule has 0 saturated carbocycles. The highest BCUT2D eigenvalue weighted by Crippen LogP contribution is 2.33. The van der Waals surface area contributed by atoms with Crippen LogP contribution in [0.3, 0.4) is 0 Å². The van der Waals surface area contributed by atoms with Gasteiger partial charge in [-0.05, 0) is 0 Å². The highest BCUT2D eigenvalue weighted by atomic mass is 16.6. The molecule has 2 saturated heterocycles. The Hall–Kier alpha value is -0.160. The Morgan fingerprint density at radius 1 is 0.917 bits per heavy atom. The van der Waals surface area contributed by atoms with Crippen LogP contribution >= 0.6 is 0 Å². The van der Waals surface area contributed by atoms with Gasteiger partial charge in [0.1, 0.15) is 0 Å². The molecule has 12 heavy (non-hydrogen) atoms. The molecule has 4 heteroatoms. The number of aliphatic hydroxyl groups excluding tert-OH is 2. The number of fused-ring (bicyclic) bond motifs is 1. The molecule has 2 aliphatic heterocycles. The number of hydrogen-bond donors (Lipinski definition) is 2. The summed E-state index contributed by atoms with van der Waals surface area (Å²) in [7, 11) is 0. The summed E-state index contributed by atoms with van der Waals surface area (Å²) in [4.78, 5) is 0. The van der Waals surface area contributed by atoms with Crippen molar-refractivity contribution in [2.24, 2.45) is 11.8 Å². The molecule has 0 aromatic rings. The molecule has 0 radical (unpaired) electrons. The maximum atomic E-state index is 8.95. The van der Waals surface area contributed by atoms with E-state index in [1.165, 1.54) is 0 Å². The third-order valence-electron chi connectivity index (χ3n) is 2.73. The standard InChI is InChI=1S/C8H14O4/c9-1-5-3-11-8-6(2-10)4-12-7(5)8/h5-10H,1-4H2. The van der Waals surface area contributed by atoms with E-state index in [9.17, 15) is 0 Å². The van der Waals surface area contributed by atoms with Crippen molar-refractivity contribution in [2.75, 3.05) is 26.4 Å². The van der Waals surface area contributed by atoms with Gasteiger partial charge in [0, 0.05) is 11.8 Å². The van der Waals surface area contributed by atoms with Crippen LogP contribution in [0.25, 0.3) is 0 Å². The highest BCUT2D eigenvalue weighted by molar-refractivity contribution is 4.93. The van der Waals surface area contributed by atoms with E-state index in [-0.39, 0.29) is 37.3 Å². The fraction of sp³-hybridized carbons (Fsp3) is 1.00. The van der Waals surface area contributed by atoms with Gasteiger partial charge in [-0.15, -0.1) is 0 Å². The molecule has 70 valence electrons. The van der Waals surface area contributed by atoms with Gasteiger partial charge < -0.3 is 19.7 Å². The first-order valence-corrected chi connectivity index (χ1v) is 4.31. The summed E-state index contributed by atoms with van der Waals surface area (Å²) in [5, 5.41) is 17.9. The van der Waals surface area contributed by atoms with E-state index in [1.54, 1.807) is 0 Å². The summed E-state index contributed by atoms with van der Waals surface area (Å²) < 4.78 is 10.9. The summed E-state index contributed by atoms with van der Waals surface area (Å²) >= 11 is 0. The molecule has 0 amide bonds. The molecule has 2 fully saturated rings. The minimum atomic E-state index is 0.00662. The predicted octanol–water partition coefficient (Wildman–Crippen LogP) is -0.999. The number of ether oxygens (including phenoxy) is 2. The average molecular weight is 174 g/mol. The van der Waals surface area contributed by atoms with Crippen LogP contribution in [0.5, 0.6) is 0 Å². The van der Waals surface area contributed by atoms with Gasteiger partial charge in [0.25, 0.3) is 0 Å². The predicted molar refractivity (Wildman–Crippen MR) is 40.6 cm³/mol. The van der Waals surface area contributed by atoms with Crippen molar-refractivity contribution in [1.29, 1.82) is 0 Å². The van der Waals surface area contributed by atoms with Crippen LogP contribution in [0.2, 0.25) is 0 Å². The fourth-order valence-electron chi connectivity index (χ4n) is 1.97. The number of aliphatic hydroxyl groups is 2. The first-order valence-electron chi connectivity index (χ1n) is 4.31. The van der Waals surface area contributed by atoms with Crippen molar-refractivity contribution < 1.29 is 19.7 Å². The summed E-state index contributed by atoms with van der Waals surface area (Å²) in [5.41, 5.74) is 0. The zero-order chi connectivity index (χ0) is 8.55. The van der Waals surface area contributed by atoms with Crippen molar-refractivity contribution in [3.63, 3.8) is 0 Å². The van der Waals surface area contributed by atoms with Gasteiger partial charge in [-0.2, -0.15) is 0 Å². The third-order valence-corrected chi connectivity index (χ3v) is 2.73. The molecule has 0 spiro atoms. The van der Waals surface area contributed by atoms with E-state index in [4.69, 9.17) is 19.7 Å². The maximum Gasteiger partial charge on any atom is 0.0913 e. The van der Waals surface area contributed by atoms with E-state index in [1.807, 2.05) is 0 Å². The summed E-state index contributed by atoms with van der Waals surface area (Å²) in [6.07, 6.45) is 0.0132. The Kier molecular flexibility index (Phi) is 2.32. The minimum absolute atomic E-state index is 0.00662. The van der Waals surface area contributed by atoms with Crippen LogP contribution in [0.4, 0.5) is 0 Å². The van der Waals surface area contributed by atoms with Crippen molar-refractivity contribution in [3.8, 4) is 0 Å². The second-order valence-corrected chi connectivity index (χ2v) is 3.48. The number of hydrogen-bond acceptors (Lipinski definition) is 4. The molecule has 0 aromatic carbocycles. The van der Waals surface area contributed by atoms with E-state index in [0.717, 1.165) is 0 Å². The second-order valence-electron chi connectivity index (χ2n) is 3.48. The molecule has 4 nitrogen and oxygen atoms in total. The van der Waals surface area contributed by atoms with Crippen molar-refractivity contribution in [3.05, 3.63) is 0 Å². The first kappa shape index (κ1) is 8.44. The minimum Gasteiger partial charge on any atom is -0.396 e. The van der Waals surface area contributed by atoms with Crippen molar-refractivity contribution in [2.45, 2.75) is 12.2 Å². The first-order chi connectivity index (χ1) is 5.86. The molecule has 0 aliphatic carbocycles. The van der Waals surface area contributed by atoms with E-state index in [2.05, 4.69) is 0 Å². The van der Waals surface area contributed by atoms with Gasteiger partial charge in [-0.3, -0.25) is 0 Å². The SMILES string of the molecule is OCC1COC2C(CO)COC12. The summed E-state index contributed by atoms with van der Waals surface area (Å²) in [6, 6.07) is 0. The number of rotatable bonds is 2. The van der Waals surface area contributed by atoms with E-state index >= 15 is 0 Å². The smallest absolute Gasteiger partial charge is 0.0913 e. The molecule has 2 rings (SSSR count). The Labute approximate surface area is 71.1 Å². The molecule has 2 aliphatic rings. The third kappa shape index (κ3) is 1.15. The lowest BCUT2D eigenvalue weighted by Crippen LogP contribution is -2.28. The van der Waals surface area contributed by atoms with Gasteiger partial charge >= 0.3 is 0 Å². The lowest BCUT2D eigenvalue weighted by atomic mass is 9.97. The molecule has 4 unspecified atom stereocenters. The molecular formula is C8H14O4. The normalized spacial score (nSPS) is 46.5. The van der Waals surface area contributed by atoms with Gasteiger partial charge in [-0.1, -0.05) is 0 Å². The van der Waals surface area contributed by atoms with E-state index in [0.29, 0.717) is 13.2 Å². The largest absolute Gasteiger partial charge is 0.396 e. The lowest BCUT2D eigenvalue weighted by molar-refractivity contribution is 0.0489. The van der Waals surface area contributed by atoms with Crippen LogP contribution in [0.1, 0.15) is 0 Å². The van der Waals surface area contributed by atoms with Gasteiger partial charge in [0.05, 0.1) is 38.6 Å². The van der Waals surface area contributed by atoms with Crippen LogP contribution in [0.15, 0.2) is 0 Å². The van der Waals surface area contributed by atoms with Crippen molar-refractivity contribution in [1.82, 2.24) is 0 Å². The molecule has 0 bridgehead atoms. The topological polar surface area (TPSA) is 58.9 Å². The monoisotopic (exact) mass is 174 g/mol. The van der Waals surface area contributed by atoms with E-state index < -0.39 is 0 Å². The fourth-order valence-corrected chi connectivity index (χ4v) is 1.97. The zero-order valence-corrected chi connectivity index (χ0v) is 6.85. The Morgan fingerprint density at radius 2 is 1.33 bits per heavy atom. The van der Waals surface area contributed by atoms with Crippen LogP contribution < -0.4 is 0 Å². The Bertz CT molecular complexity index is 143. The van der Waals surface area contributed by atoms with Gasteiger partial charge in [0.15, 0.2) is 0 Å². The zero-order valence-electron chi connectivity index (χ0n) is 6.85. The quantitative estimate of drug-likeness (QED) is 0.564. The maximum absolute atomic E-state index is 8.95. The second kappa shape index (κ2) is 3.30. The average Bonchev–Trinajstić information content (AvgIpc) is 2.62. The summed E-state index contributed by atoms with van der Waals surface area (Å²) in [5.74, 6) is 0.207. The summed E-state index contributed by atoms with van der Waals surface area (Å²) in [6.45, 7) is 1.34. The molecular weight excluding hydrogens is 160 g/mol. The van der Waals surface area contributed by atoms with Gasteiger partial charge in [-0.25, -0.2) is 0 Å². The molecule has 4 atom stereocenters. The molecule has 2 N–H and O–H groups in total. The van der Waals surface area contributed by atoms with Crippen LogP contribution in [-0.4, -0.2) is 48.8 Å². The van der Waals surface area contributed by atoms with Crippen LogP contribution in [0, 0.1) is 11.8 Å². The molecule has 0 aromatic heterocycles. The van der Waals surface area contributed by atoms with Crippen molar-refractivity contribution >= 4 is 0 Å². The Balaban J connectivity index is 2.01. The van der Waals surface area contributed by atoms with Gasteiger partial charge in [0.2, 0.25) is 0 Å². The molecule has 2 heterocycles. The lowest BCUT2D eigenvalue weighted by Gasteiger charge is -2.13. The highest BCUT2D eigenvalue weighted by Gasteiger charge is 2.46. The Morgan fingerprint density at radius 3 is 1.67 bits per heavy atom.